The highest BCUT2D eigenvalue weighted by molar-refractivity contribution is 6.25. The fourth-order valence-corrected chi connectivity index (χ4v) is 5.31. The Morgan fingerprint density at radius 1 is 0.615 bits per heavy atom. The highest BCUT2D eigenvalue weighted by Gasteiger charge is 2.31. The molecule has 1 aliphatic carbocycles. The predicted octanol–water partition coefficient (Wildman–Crippen LogP) is 10.0. The third kappa shape index (κ3) is 4.51. The fourth-order valence-electron chi connectivity index (χ4n) is 5.31. The van der Waals surface area contributed by atoms with Crippen molar-refractivity contribution in [2.24, 2.45) is 0 Å². The molecule has 0 saturated carbocycles. The third-order valence-electron chi connectivity index (χ3n) is 7.32. The molecule has 0 aliphatic heterocycles. The number of benzene rings is 5. The molecule has 2 heteroatoms. The smallest absolute Gasteiger partial charge is 0.196 e. The highest BCUT2D eigenvalue weighted by Crippen LogP contribution is 2.45. The standard InChI is InChI=1S/C37H29NO/c1-3-4-11-26(2)27-18-22-30(23-19-27)38(31-24-20-29(21-25-31)28-12-6-5-7-13-28)35-17-10-16-33-32-14-8-9-15-34(32)37(39)36(33)35/h3-25H,1-2H3/b4-3-,26-11+. The number of anilines is 3. The number of carbonyl (C=O) groups is 1. The first kappa shape index (κ1) is 24.4. The Balaban J connectivity index is 1.49. The molecule has 0 heterocycles. The van der Waals surface area contributed by atoms with Gasteiger partial charge in [0.15, 0.2) is 5.78 Å². The quantitative estimate of drug-likeness (QED) is 0.211. The van der Waals surface area contributed by atoms with Gasteiger partial charge >= 0.3 is 0 Å². The van der Waals surface area contributed by atoms with Gasteiger partial charge in [-0.25, -0.2) is 0 Å². The van der Waals surface area contributed by atoms with Crippen LogP contribution in [0.2, 0.25) is 0 Å². The summed E-state index contributed by atoms with van der Waals surface area (Å²) in [5.74, 6) is 0.0730. The molecule has 0 radical (unpaired) electrons. The zero-order valence-electron chi connectivity index (χ0n) is 22.1. The molecule has 0 N–H and O–H groups in total. The number of rotatable bonds is 6. The summed E-state index contributed by atoms with van der Waals surface area (Å²) in [7, 11) is 0. The van der Waals surface area contributed by atoms with E-state index < -0.39 is 0 Å². The van der Waals surface area contributed by atoms with E-state index in [2.05, 4.69) is 109 Å². The third-order valence-corrected chi connectivity index (χ3v) is 7.32. The van der Waals surface area contributed by atoms with E-state index in [0.29, 0.717) is 0 Å². The van der Waals surface area contributed by atoms with E-state index in [9.17, 15) is 4.79 Å². The second kappa shape index (κ2) is 10.4. The minimum absolute atomic E-state index is 0.0730. The van der Waals surface area contributed by atoms with Crippen molar-refractivity contribution in [1.29, 1.82) is 0 Å². The minimum Gasteiger partial charge on any atom is -0.310 e. The summed E-state index contributed by atoms with van der Waals surface area (Å²) in [6.07, 6.45) is 6.21. The number of carbonyl (C=O) groups excluding carboxylic acids is 1. The molecule has 5 aromatic rings. The molecule has 0 aromatic heterocycles. The summed E-state index contributed by atoms with van der Waals surface area (Å²) in [5.41, 5.74) is 11.1. The molecule has 2 nitrogen and oxygen atoms in total. The number of hydrogen-bond donors (Lipinski definition) is 0. The Morgan fingerprint density at radius 2 is 1.21 bits per heavy atom. The van der Waals surface area contributed by atoms with Crippen LogP contribution in [-0.4, -0.2) is 5.78 Å². The molecule has 188 valence electrons. The molecule has 0 saturated heterocycles. The van der Waals surface area contributed by atoms with Crippen LogP contribution < -0.4 is 4.90 Å². The summed E-state index contributed by atoms with van der Waals surface area (Å²) < 4.78 is 0. The van der Waals surface area contributed by atoms with Crippen LogP contribution in [0.1, 0.15) is 35.3 Å². The number of hydrogen-bond acceptors (Lipinski definition) is 2. The number of allylic oxidation sites excluding steroid dienone is 4. The SMILES string of the molecule is C/C=C\C=C(/C)c1ccc(N(c2ccc(-c3ccccc3)cc2)c2cccc3c2C(=O)c2ccccc2-3)cc1. The van der Waals surface area contributed by atoms with Crippen molar-refractivity contribution in [3.63, 3.8) is 0 Å². The van der Waals surface area contributed by atoms with Gasteiger partial charge in [0.2, 0.25) is 0 Å². The molecule has 5 aromatic carbocycles. The molecule has 6 rings (SSSR count). The Labute approximate surface area is 230 Å². The van der Waals surface area contributed by atoms with Gasteiger partial charge in [0.05, 0.1) is 11.3 Å². The van der Waals surface area contributed by atoms with E-state index in [1.54, 1.807) is 0 Å². The molecule has 39 heavy (non-hydrogen) atoms. The van der Waals surface area contributed by atoms with Crippen LogP contribution in [0.5, 0.6) is 0 Å². The Morgan fingerprint density at radius 3 is 1.90 bits per heavy atom. The Hall–Kier alpha value is -4.95. The van der Waals surface area contributed by atoms with Crippen molar-refractivity contribution < 1.29 is 4.79 Å². The van der Waals surface area contributed by atoms with Crippen LogP contribution in [-0.2, 0) is 0 Å². The maximum absolute atomic E-state index is 13.7. The summed E-state index contributed by atoms with van der Waals surface area (Å²) in [4.78, 5) is 15.9. The zero-order chi connectivity index (χ0) is 26.8. The van der Waals surface area contributed by atoms with Crippen LogP contribution in [0.4, 0.5) is 17.1 Å². The lowest BCUT2D eigenvalue weighted by molar-refractivity contribution is 0.104. The normalized spacial score (nSPS) is 12.5. The number of nitrogens with zero attached hydrogens (tertiary/aromatic N) is 1. The van der Waals surface area contributed by atoms with Gasteiger partial charge in [0.25, 0.3) is 0 Å². The molecule has 0 bridgehead atoms. The van der Waals surface area contributed by atoms with Gasteiger partial charge in [-0.1, -0.05) is 109 Å². The molecule has 0 unspecified atom stereocenters. The fraction of sp³-hybridized carbons (Fsp3) is 0.0541. The van der Waals surface area contributed by atoms with Crippen LogP contribution in [0.25, 0.3) is 27.8 Å². The van der Waals surface area contributed by atoms with Crippen LogP contribution in [0.3, 0.4) is 0 Å². The summed E-state index contributed by atoms with van der Waals surface area (Å²) in [6, 6.07) is 41.6. The highest BCUT2D eigenvalue weighted by atomic mass is 16.1. The zero-order valence-corrected chi connectivity index (χ0v) is 22.1. The Bertz CT molecular complexity index is 1710. The second-order valence-electron chi connectivity index (χ2n) is 9.75. The molecule has 0 atom stereocenters. The van der Waals surface area contributed by atoms with E-state index in [1.165, 1.54) is 11.1 Å². The van der Waals surface area contributed by atoms with Crippen molar-refractivity contribution in [3.05, 3.63) is 156 Å². The van der Waals surface area contributed by atoms with Crippen molar-refractivity contribution in [2.45, 2.75) is 13.8 Å². The molecule has 0 spiro atoms. The average Bonchev–Trinajstić information content (AvgIpc) is 3.29. The monoisotopic (exact) mass is 503 g/mol. The Kier molecular flexibility index (Phi) is 6.52. The van der Waals surface area contributed by atoms with Gasteiger partial charge in [-0.15, -0.1) is 0 Å². The lowest BCUT2D eigenvalue weighted by Gasteiger charge is -2.27. The lowest BCUT2D eigenvalue weighted by Crippen LogP contribution is -2.13. The van der Waals surface area contributed by atoms with Crippen LogP contribution >= 0.6 is 0 Å². The topological polar surface area (TPSA) is 20.3 Å². The van der Waals surface area contributed by atoms with E-state index in [0.717, 1.165) is 50.4 Å². The minimum atomic E-state index is 0.0730. The van der Waals surface area contributed by atoms with Crippen molar-refractivity contribution in [3.8, 4) is 22.3 Å². The van der Waals surface area contributed by atoms with E-state index in [1.807, 2.05) is 49.4 Å². The molecular formula is C37H29NO. The lowest BCUT2D eigenvalue weighted by atomic mass is 10.0. The second-order valence-corrected chi connectivity index (χ2v) is 9.75. The van der Waals surface area contributed by atoms with Gasteiger partial charge in [-0.3, -0.25) is 4.79 Å². The van der Waals surface area contributed by atoms with Crippen molar-refractivity contribution in [2.75, 3.05) is 4.90 Å². The molecular weight excluding hydrogens is 474 g/mol. The van der Waals surface area contributed by atoms with Gasteiger partial charge < -0.3 is 4.90 Å². The van der Waals surface area contributed by atoms with E-state index >= 15 is 0 Å². The van der Waals surface area contributed by atoms with Crippen LogP contribution in [0, 0.1) is 0 Å². The van der Waals surface area contributed by atoms with Gasteiger partial charge in [-0.05, 0) is 77.6 Å². The maximum Gasteiger partial charge on any atom is 0.196 e. The summed E-state index contributed by atoms with van der Waals surface area (Å²) in [5, 5.41) is 0. The van der Waals surface area contributed by atoms with Crippen molar-refractivity contribution >= 4 is 28.4 Å². The first-order chi connectivity index (χ1) is 19.2. The van der Waals surface area contributed by atoms with Gasteiger partial charge in [0, 0.05) is 16.9 Å². The first-order valence-corrected chi connectivity index (χ1v) is 13.3. The largest absolute Gasteiger partial charge is 0.310 e. The first-order valence-electron chi connectivity index (χ1n) is 13.3. The summed E-state index contributed by atoms with van der Waals surface area (Å²) >= 11 is 0. The maximum atomic E-state index is 13.7. The molecule has 1 aliphatic rings. The molecule has 0 fully saturated rings. The van der Waals surface area contributed by atoms with Gasteiger partial charge in [0.1, 0.15) is 0 Å². The van der Waals surface area contributed by atoms with Gasteiger partial charge in [-0.2, -0.15) is 0 Å². The summed E-state index contributed by atoms with van der Waals surface area (Å²) in [6.45, 7) is 4.14. The van der Waals surface area contributed by atoms with Crippen molar-refractivity contribution in [1.82, 2.24) is 0 Å². The van der Waals surface area contributed by atoms with Crippen LogP contribution in [0.15, 0.2) is 140 Å². The number of fused-ring (bicyclic) bond motifs is 3. The molecule has 0 amide bonds. The average molecular weight is 504 g/mol. The predicted molar refractivity (Wildman–Crippen MR) is 164 cm³/mol. The van der Waals surface area contributed by atoms with E-state index in [-0.39, 0.29) is 5.78 Å². The number of ketones is 1. The van der Waals surface area contributed by atoms with E-state index in [4.69, 9.17) is 0 Å².